The number of amides is 1. The summed E-state index contributed by atoms with van der Waals surface area (Å²) in [7, 11) is 1.50. The zero-order valence-electron chi connectivity index (χ0n) is 20.4. The van der Waals surface area contributed by atoms with Crippen LogP contribution in [0.5, 0.6) is 0 Å². The van der Waals surface area contributed by atoms with E-state index in [2.05, 4.69) is 12.2 Å². The summed E-state index contributed by atoms with van der Waals surface area (Å²) in [5.74, 6) is -1.69. The molecule has 8 heteroatoms. The second-order valence-electron chi connectivity index (χ2n) is 9.10. The molecule has 0 saturated carbocycles. The Morgan fingerprint density at radius 1 is 1.06 bits per heavy atom. The fraction of sp³-hybridized carbons (Fsp3) is 0.958. The number of nitrogens with one attached hydrogen (secondary N) is 1. The second-order valence-corrected chi connectivity index (χ2v) is 9.10. The average Bonchev–Trinajstić information content (AvgIpc) is 2.78. The zero-order valence-corrected chi connectivity index (χ0v) is 20.4. The highest BCUT2D eigenvalue weighted by Gasteiger charge is 2.45. The van der Waals surface area contributed by atoms with E-state index in [9.17, 15) is 20.1 Å². The first-order valence-corrected chi connectivity index (χ1v) is 12.5. The molecule has 1 amide bonds. The quantitative estimate of drug-likeness (QED) is 0.232. The van der Waals surface area contributed by atoms with Gasteiger partial charge in [0.05, 0.1) is 13.2 Å². The van der Waals surface area contributed by atoms with Gasteiger partial charge in [-0.2, -0.15) is 0 Å². The van der Waals surface area contributed by atoms with Crippen molar-refractivity contribution in [1.29, 1.82) is 0 Å². The van der Waals surface area contributed by atoms with Gasteiger partial charge in [0, 0.05) is 20.1 Å². The van der Waals surface area contributed by atoms with E-state index >= 15 is 0 Å². The second kappa shape index (κ2) is 16.8. The number of carbonyl (C=O) groups is 1. The van der Waals surface area contributed by atoms with Gasteiger partial charge in [0.25, 0.3) is 5.91 Å². The summed E-state index contributed by atoms with van der Waals surface area (Å²) in [4.78, 5) is 12.0. The molecule has 190 valence electrons. The average molecular weight is 462 g/mol. The van der Waals surface area contributed by atoms with E-state index in [0.717, 1.165) is 12.8 Å². The monoisotopic (exact) mass is 461 g/mol. The van der Waals surface area contributed by atoms with E-state index in [0.29, 0.717) is 13.0 Å². The first-order chi connectivity index (χ1) is 15.3. The Balaban J connectivity index is 2.30. The smallest absolute Gasteiger partial charge is 0.251 e. The minimum absolute atomic E-state index is 0.0196. The Labute approximate surface area is 194 Å². The van der Waals surface area contributed by atoms with Crippen molar-refractivity contribution in [3.8, 4) is 0 Å². The van der Waals surface area contributed by atoms with Gasteiger partial charge in [-0.1, -0.05) is 71.1 Å². The maximum Gasteiger partial charge on any atom is 0.251 e. The predicted octanol–water partition coefficient (Wildman–Crippen LogP) is 2.66. The molecule has 0 radical (unpaired) electrons. The number of aliphatic hydroxyl groups excluding tert-OH is 3. The minimum Gasteiger partial charge on any atom is -0.388 e. The highest BCUT2D eigenvalue weighted by Crippen LogP contribution is 2.30. The van der Waals surface area contributed by atoms with E-state index in [4.69, 9.17) is 14.2 Å². The van der Waals surface area contributed by atoms with Gasteiger partial charge < -0.3 is 34.8 Å². The Kier molecular flexibility index (Phi) is 15.3. The molecule has 0 bridgehead atoms. The van der Waals surface area contributed by atoms with Crippen LogP contribution in [0.3, 0.4) is 0 Å². The molecule has 5 atom stereocenters. The number of rotatable bonds is 18. The molecule has 4 N–H and O–H groups in total. The van der Waals surface area contributed by atoms with Crippen molar-refractivity contribution in [2.45, 2.75) is 121 Å². The highest BCUT2D eigenvalue weighted by molar-refractivity contribution is 5.81. The van der Waals surface area contributed by atoms with Crippen molar-refractivity contribution >= 4 is 5.91 Å². The lowest BCUT2D eigenvalue weighted by Gasteiger charge is -2.43. The van der Waals surface area contributed by atoms with Gasteiger partial charge in [0.1, 0.15) is 18.3 Å². The van der Waals surface area contributed by atoms with E-state index in [-0.39, 0.29) is 13.2 Å². The van der Waals surface area contributed by atoms with Gasteiger partial charge in [0.15, 0.2) is 11.9 Å². The lowest BCUT2D eigenvalue weighted by molar-refractivity contribution is -0.332. The van der Waals surface area contributed by atoms with Crippen LogP contribution in [-0.2, 0) is 19.0 Å². The van der Waals surface area contributed by atoms with Gasteiger partial charge in [-0.3, -0.25) is 4.79 Å². The maximum absolute atomic E-state index is 12.0. The van der Waals surface area contributed by atoms with Crippen LogP contribution >= 0.6 is 0 Å². The summed E-state index contributed by atoms with van der Waals surface area (Å²) < 4.78 is 16.4. The van der Waals surface area contributed by atoms with Crippen LogP contribution in [0.2, 0.25) is 0 Å². The molecule has 1 aliphatic heterocycles. The molecular formula is C24H47NO7. The first-order valence-electron chi connectivity index (χ1n) is 12.5. The number of carbonyl (C=O) groups excluding carboxylic acids is 1. The molecule has 1 fully saturated rings. The molecule has 1 rings (SSSR count). The van der Waals surface area contributed by atoms with Crippen molar-refractivity contribution < 1.29 is 34.3 Å². The van der Waals surface area contributed by atoms with Crippen molar-refractivity contribution in [2.24, 2.45) is 0 Å². The largest absolute Gasteiger partial charge is 0.388 e. The Bertz CT molecular complexity index is 493. The molecule has 0 aromatic carbocycles. The third kappa shape index (κ3) is 11.4. The molecule has 0 aromatic heterocycles. The Hall–Kier alpha value is -0.770. The van der Waals surface area contributed by atoms with Crippen molar-refractivity contribution in [3.05, 3.63) is 0 Å². The maximum atomic E-state index is 12.0. The van der Waals surface area contributed by atoms with E-state index in [1.165, 1.54) is 64.9 Å². The summed E-state index contributed by atoms with van der Waals surface area (Å²) in [6, 6.07) is 0. The van der Waals surface area contributed by atoms with E-state index < -0.39 is 36.1 Å². The molecule has 1 aliphatic rings. The standard InChI is InChI=1S/C24H47NO7/c1-4-5-6-7-8-9-10-11-12-13-14-15-24(2)31-18-19(26)22(32-24)20(27)21(28)23(29)25-16-17-30-3/h19-22,26-28H,4-18H2,1-3H3,(H,25,29)/t19-,20-,21-,22-,24?/m1/s1. The number of unbranched alkanes of at least 4 members (excludes halogenated alkanes) is 10. The summed E-state index contributed by atoms with van der Waals surface area (Å²) in [5.41, 5.74) is 0. The SMILES string of the molecule is CCCCCCCCCCCCCC1(C)OC[C@@H](O)[C@H]([C@H](O)[C@@H](O)C(=O)NCCOC)O1. The van der Waals surface area contributed by atoms with E-state index in [1.807, 2.05) is 0 Å². The third-order valence-electron chi connectivity index (χ3n) is 6.09. The summed E-state index contributed by atoms with van der Waals surface area (Å²) >= 11 is 0. The Morgan fingerprint density at radius 2 is 1.62 bits per heavy atom. The number of methoxy groups -OCH3 is 1. The van der Waals surface area contributed by atoms with Gasteiger partial charge in [0.2, 0.25) is 0 Å². The normalized spacial score (nSPS) is 25.4. The minimum atomic E-state index is -1.71. The van der Waals surface area contributed by atoms with Gasteiger partial charge >= 0.3 is 0 Å². The van der Waals surface area contributed by atoms with Gasteiger partial charge in [-0.05, 0) is 13.3 Å². The van der Waals surface area contributed by atoms with Crippen LogP contribution in [0.1, 0.15) is 90.9 Å². The molecule has 1 heterocycles. The first kappa shape index (κ1) is 29.3. The van der Waals surface area contributed by atoms with Crippen LogP contribution in [0.15, 0.2) is 0 Å². The lowest BCUT2D eigenvalue weighted by atomic mass is 9.99. The molecule has 0 spiro atoms. The summed E-state index contributed by atoms with van der Waals surface area (Å²) in [6.45, 7) is 4.50. The summed E-state index contributed by atoms with van der Waals surface area (Å²) in [5, 5.41) is 33.3. The van der Waals surface area contributed by atoms with E-state index in [1.54, 1.807) is 6.92 Å². The number of ether oxygens (including phenoxy) is 3. The van der Waals surface area contributed by atoms with Gasteiger partial charge in [-0.25, -0.2) is 0 Å². The van der Waals surface area contributed by atoms with Crippen LogP contribution in [-0.4, -0.2) is 78.3 Å². The fourth-order valence-corrected chi connectivity index (χ4v) is 4.01. The molecular weight excluding hydrogens is 414 g/mol. The fourth-order valence-electron chi connectivity index (χ4n) is 4.01. The molecule has 1 saturated heterocycles. The number of aliphatic hydroxyl groups is 3. The zero-order chi connectivity index (χ0) is 23.8. The molecule has 0 aromatic rings. The van der Waals surface area contributed by atoms with Crippen LogP contribution in [0.25, 0.3) is 0 Å². The van der Waals surface area contributed by atoms with Gasteiger partial charge in [-0.15, -0.1) is 0 Å². The number of hydrogen-bond acceptors (Lipinski definition) is 7. The van der Waals surface area contributed by atoms with Crippen molar-refractivity contribution in [1.82, 2.24) is 5.32 Å². The predicted molar refractivity (Wildman–Crippen MR) is 123 cm³/mol. The topological polar surface area (TPSA) is 117 Å². The molecule has 8 nitrogen and oxygen atoms in total. The highest BCUT2D eigenvalue weighted by atomic mass is 16.7. The summed E-state index contributed by atoms with van der Waals surface area (Å²) in [6.07, 6.45) is 8.75. The molecule has 0 aliphatic carbocycles. The van der Waals surface area contributed by atoms with Crippen LogP contribution in [0, 0.1) is 0 Å². The van der Waals surface area contributed by atoms with Crippen LogP contribution in [0.4, 0.5) is 0 Å². The lowest BCUT2D eigenvalue weighted by Crippen LogP contribution is -2.59. The van der Waals surface area contributed by atoms with Crippen molar-refractivity contribution in [2.75, 3.05) is 26.9 Å². The third-order valence-corrected chi connectivity index (χ3v) is 6.09. The molecule has 32 heavy (non-hydrogen) atoms. The Morgan fingerprint density at radius 3 is 2.19 bits per heavy atom. The van der Waals surface area contributed by atoms with Crippen molar-refractivity contribution in [3.63, 3.8) is 0 Å². The van der Waals surface area contributed by atoms with Crippen LogP contribution < -0.4 is 5.32 Å². The number of hydrogen-bond donors (Lipinski definition) is 4. The molecule has 1 unspecified atom stereocenters.